The Labute approximate surface area is 203 Å². The first kappa shape index (κ1) is 22.2. The minimum Gasteiger partial charge on any atom is -0.456 e. The third kappa shape index (κ3) is 4.20. The maximum Gasteiger partial charge on any atom is 0.339 e. The summed E-state index contributed by atoms with van der Waals surface area (Å²) in [4.78, 5) is 41.6. The van der Waals surface area contributed by atoms with Crippen LogP contribution in [0.1, 0.15) is 32.1 Å². The summed E-state index contributed by atoms with van der Waals surface area (Å²) in [5.41, 5.74) is 3.26. The Morgan fingerprint density at radius 3 is 2.79 bits per heavy atom. The average molecular weight is 489 g/mol. The number of carbonyl (C=O) groups excluding carboxylic acids is 1. The van der Waals surface area contributed by atoms with E-state index in [1.807, 2.05) is 31.2 Å². The topological polar surface area (TPSA) is 86.5 Å². The molecule has 0 amide bonds. The van der Waals surface area contributed by atoms with E-state index in [1.54, 1.807) is 36.0 Å². The zero-order valence-corrected chi connectivity index (χ0v) is 20.4. The van der Waals surface area contributed by atoms with Crippen LogP contribution in [0.15, 0.2) is 69.7 Å². The Kier molecular flexibility index (Phi) is 5.89. The van der Waals surface area contributed by atoms with Gasteiger partial charge in [0.1, 0.15) is 28.4 Å². The molecule has 0 aliphatic rings. The van der Waals surface area contributed by atoms with Gasteiger partial charge < -0.3 is 4.74 Å². The standard InChI is InChI=1S/C25H20N4O3S2/c1-14-8-9-29-20(10-14)28-17(11-21(29)30)12-32-25(31)18-6-4-5-7-19(18)34-24-22-15(2)16(3)33-23(22)26-13-27-24/h4-11,13H,12H2,1-3H3. The van der Waals surface area contributed by atoms with Crippen molar-refractivity contribution < 1.29 is 9.53 Å². The predicted molar refractivity (Wildman–Crippen MR) is 133 cm³/mol. The zero-order valence-electron chi connectivity index (χ0n) is 18.7. The summed E-state index contributed by atoms with van der Waals surface area (Å²) >= 11 is 3.05. The molecule has 0 radical (unpaired) electrons. The number of thiophene rings is 1. The first-order valence-corrected chi connectivity index (χ1v) is 12.2. The molecule has 5 aromatic rings. The highest BCUT2D eigenvalue weighted by molar-refractivity contribution is 7.99. The van der Waals surface area contributed by atoms with E-state index < -0.39 is 5.97 Å². The molecule has 0 fully saturated rings. The molecule has 4 heterocycles. The van der Waals surface area contributed by atoms with Gasteiger partial charge in [-0.25, -0.2) is 19.7 Å². The minimum absolute atomic E-state index is 0.0991. The lowest BCUT2D eigenvalue weighted by atomic mass is 10.2. The average Bonchev–Trinajstić information content (AvgIpc) is 3.12. The van der Waals surface area contributed by atoms with Crippen molar-refractivity contribution in [3.8, 4) is 0 Å². The first-order valence-electron chi connectivity index (χ1n) is 10.5. The lowest BCUT2D eigenvalue weighted by Crippen LogP contribution is -2.16. The van der Waals surface area contributed by atoms with E-state index in [1.165, 1.54) is 27.1 Å². The molecule has 7 nitrogen and oxygen atoms in total. The summed E-state index contributed by atoms with van der Waals surface area (Å²) in [6, 6.07) is 12.3. The van der Waals surface area contributed by atoms with Crippen molar-refractivity contribution in [2.24, 2.45) is 0 Å². The van der Waals surface area contributed by atoms with E-state index in [4.69, 9.17) is 4.74 Å². The van der Waals surface area contributed by atoms with Crippen LogP contribution < -0.4 is 5.56 Å². The molecule has 1 aromatic carbocycles. The fourth-order valence-electron chi connectivity index (χ4n) is 3.60. The SMILES string of the molecule is Cc1ccn2c(=O)cc(COC(=O)c3ccccc3Sc3ncnc4sc(C)c(C)c34)nc2c1. The molecule has 0 atom stereocenters. The number of carbonyl (C=O) groups is 1. The van der Waals surface area contributed by atoms with Gasteiger partial charge in [0.25, 0.3) is 5.56 Å². The van der Waals surface area contributed by atoms with Gasteiger partial charge in [-0.2, -0.15) is 0 Å². The van der Waals surface area contributed by atoms with E-state index in [9.17, 15) is 9.59 Å². The lowest BCUT2D eigenvalue weighted by molar-refractivity contribution is 0.0463. The highest BCUT2D eigenvalue weighted by Gasteiger charge is 2.18. The van der Waals surface area contributed by atoms with Gasteiger partial charge in [-0.3, -0.25) is 9.20 Å². The Bertz CT molecular complexity index is 1620. The van der Waals surface area contributed by atoms with Gasteiger partial charge in [0.2, 0.25) is 0 Å². The summed E-state index contributed by atoms with van der Waals surface area (Å²) in [6.07, 6.45) is 3.23. The Morgan fingerprint density at radius 1 is 1.12 bits per heavy atom. The van der Waals surface area contributed by atoms with Crippen LogP contribution in [0.2, 0.25) is 0 Å². The van der Waals surface area contributed by atoms with E-state index in [0.717, 1.165) is 31.3 Å². The summed E-state index contributed by atoms with van der Waals surface area (Å²) in [6.45, 7) is 5.95. The second-order valence-electron chi connectivity index (χ2n) is 7.83. The van der Waals surface area contributed by atoms with Gasteiger partial charge >= 0.3 is 5.97 Å². The van der Waals surface area contributed by atoms with Crippen molar-refractivity contribution >= 4 is 44.9 Å². The third-order valence-corrected chi connectivity index (χ3v) is 7.67. The number of nitrogens with zero attached hydrogens (tertiary/aromatic N) is 4. The molecule has 9 heteroatoms. The number of ether oxygens (including phenoxy) is 1. The normalized spacial score (nSPS) is 11.3. The van der Waals surface area contributed by atoms with Crippen LogP contribution in [0, 0.1) is 20.8 Å². The van der Waals surface area contributed by atoms with Crippen LogP contribution in [-0.2, 0) is 11.3 Å². The number of hydrogen-bond donors (Lipinski definition) is 0. The van der Waals surface area contributed by atoms with E-state index in [0.29, 0.717) is 16.9 Å². The maximum absolute atomic E-state index is 13.0. The minimum atomic E-state index is -0.488. The molecule has 0 N–H and O–H groups in total. The Balaban J connectivity index is 1.40. The zero-order chi connectivity index (χ0) is 23.8. The second-order valence-corrected chi connectivity index (χ2v) is 10.1. The van der Waals surface area contributed by atoms with Gasteiger partial charge in [-0.15, -0.1) is 11.3 Å². The highest BCUT2D eigenvalue weighted by Crippen LogP contribution is 2.38. The molecular formula is C25H20N4O3S2. The molecule has 5 rings (SSSR count). The quantitative estimate of drug-likeness (QED) is 0.250. The van der Waals surface area contributed by atoms with Crippen molar-refractivity contribution in [1.82, 2.24) is 19.4 Å². The van der Waals surface area contributed by atoms with Crippen LogP contribution in [0.4, 0.5) is 0 Å². The largest absolute Gasteiger partial charge is 0.456 e. The fraction of sp³-hybridized carbons (Fsp3) is 0.160. The van der Waals surface area contributed by atoms with Gasteiger partial charge in [-0.05, 0) is 56.2 Å². The van der Waals surface area contributed by atoms with Gasteiger partial charge in [0.15, 0.2) is 0 Å². The number of hydrogen-bond acceptors (Lipinski definition) is 8. The summed E-state index contributed by atoms with van der Waals surface area (Å²) in [5.74, 6) is -0.488. The molecule has 0 aliphatic heterocycles. The number of rotatable bonds is 5. The van der Waals surface area contributed by atoms with Crippen LogP contribution in [-0.4, -0.2) is 25.3 Å². The third-order valence-electron chi connectivity index (χ3n) is 5.47. The van der Waals surface area contributed by atoms with Crippen molar-refractivity contribution in [3.05, 3.63) is 92.6 Å². The van der Waals surface area contributed by atoms with Crippen LogP contribution in [0.3, 0.4) is 0 Å². The predicted octanol–water partition coefficient (Wildman–Crippen LogP) is 5.13. The first-order chi connectivity index (χ1) is 16.4. The lowest BCUT2D eigenvalue weighted by Gasteiger charge is -2.10. The van der Waals surface area contributed by atoms with Gasteiger partial charge in [0, 0.05) is 27.4 Å². The monoisotopic (exact) mass is 488 g/mol. The molecule has 34 heavy (non-hydrogen) atoms. The Hall–Kier alpha value is -3.56. The molecule has 0 bridgehead atoms. The van der Waals surface area contributed by atoms with E-state index in [-0.39, 0.29) is 12.2 Å². The van der Waals surface area contributed by atoms with Crippen LogP contribution >= 0.6 is 23.1 Å². The number of aryl methyl sites for hydroxylation is 3. The number of esters is 1. The van der Waals surface area contributed by atoms with Crippen molar-refractivity contribution in [2.75, 3.05) is 0 Å². The van der Waals surface area contributed by atoms with E-state index in [2.05, 4.69) is 28.8 Å². The molecule has 170 valence electrons. The molecule has 0 aliphatic carbocycles. The van der Waals surface area contributed by atoms with Crippen LogP contribution in [0.5, 0.6) is 0 Å². The maximum atomic E-state index is 13.0. The second kappa shape index (κ2) is 9.00. The van der Waals surface area contributed by atoms with Crippen molar-refractivity contribution in [3.63, 3.8) is 0 Å². The van der Waals surface area contributed by atoms with Crippen molar-refractivity contribution in [1.29, 1.82) is 0 Å². The van der Waals surface area contributed by atoms with Gasteiger partial charge in [0.05, 0.1) is 11.3 Å². The Morgan fingerprint density at radius 2 is 1.94 bits per heavy atom. The molecular weight excluding hydrogens is 468 g/mol. The molecule has 0 saturated carbocycles. The summed E-state index contributed by atoms with van der Waals surface area (Å²) in [7, 11) is 0. The number of pyridine rings is 1. The molecule has 0 unspecified atom stereocenters. The van der Waals surface area contributed by atoms with Crippen LogP contribution in [0.25, 0.3) is 15.9 Å². The molecule has 0 saturated heterocycles. The van der Waals surface area contributed by atoms with E-state index >= 15 is 0 Å². The molecule has 4 aromatic heterocycles. The van der Waals surface area contributed by atoms with Gasteiger partial charge in [-0.1, -0.05) is 23.9 Å². The fourth-order valence-corrected chi connectivity index (χ4v) is 5.73. The summed E-state index contributed by atoms with van der Waals surface area (Å²) < 4.78 is 7.01. The number of fused-ring (bicyclic) bond motifs is 2. The smallest absolute Gasteiger partial charge is 0.339 e. The molecule has 0 spiro atoms. The number of benzene rings is 1. The highest BCUT2D eigenvalue weighted by atomic mass is 32.2. The number of aromatic nitrogens is 4. The summed E-state index contributed by atoms with van der Waals surface area (Å²) in [5, 5.41) is 1.81. The van der Waals surface area contributed by atoms with Crippen molar-refractivity contribution in [2.45, 2.75) is 37.3 Å².